The summed E-state index contributed by atoms with van der Waals surface area (Å²) < 4.78 is 5.66. The molecule has 0 spiro atoms. The minimum atomic E-state index is -0.619. The van der Waals surface area contributed by atoms with Crippen molar-refractivity contribution in [3.05, 3.63) is 99.5 Å². The van der Waals surface area contributed by atoms with Gasteiger partial charge < -0.3 is 15.4 Å². The third kappa shape index (κ3) is 6.26. The van der Waals surface area contributed by atoms with Gasteiger partial charge in [0.15, 0.2) is 6.61 Å². The first-order valence-corrected chi connectivity index (χ1v) is 10.4. The van der Waals surface area contributed by atoms with E-state index in [1.165, 1.54) is 0 Å². The van der Waals surface area contributed by atoms with Gasteiger partial charge in [0.25, 0.3) is 11.8 Å². The zero-order valence-corrected chi connectivity index (χ0v) is 18.4. The maximum Gasteiger partial charge on any atom is 0.339 e. The van der Waals surface area contributed by atoms with Crippen LogP contribution in [0, 0.1) is 6.92 Å². The molecule has 0 aliphatic heterocycles. The summed E-state index contributed by atoms with van der Waals surface area (Å²) in [6, 6.07) is 21.3. The number of rotatable bonds is 7. The fourth-order valence-electron chi connectivity index (χ4n) is 2.80. The second-order valence-electron chi connectivity index (χ2n) is 6.82. The Morgan fingerprint density at radius 2 is 1.52 bits per heavy atom. The van der Waals surface area contributed by atoms with E-state index in [1.807, 2.05) is 31.2 Å². The van der Waals surface area contributed by atoms with Gasteiger partial charge in [0.05, 0.1) is 16.8 Å². The van der Waals surface area contributed by atoms with Crippen LogP contribution in [-0.4, -0.2) is 24.4 Å². The lowest BCUT2D eigenvalue weighted by molar-refractivity contribution is -0.119. The second kappa shape index (κ2) is 10.5. The number of para-hydroxylation sites is 1. The van der Waals surface area contributed by atoms with Crippen molar-refractivity contribution in [2.75, 3.05) is 11.9 Å². The molecule has 6 nitrogen and oxygen atoms in total. The minimum Gasteiger partial charge on any atom is -0.452 e. The van der Waals surface area contributed by atoms with Gasteiger partial charge in [-0.05, 0) is 52.7 Å². The Balaban J connectivity index is 1.58. The average Bonchev–Trinajstić information content (AvgIpc) is 2.77. The van der Waals surface area contributed by atoms with Crippen molar-refractivity contribution in [1.82, 2.24) is 5.32 Å². The van der Waals surface area contributed by atoms with E-state index in [2.05, 4.69) is 26.6 Å². The highest BCUT2D eigenvalue weighted by molar-refractivity contribution is 9.10. The normalized spacial score (nSPS) is 10.3. The smallest absolute Gasteiger partial charge is 0.339 e. The number of carbonyl (C=O) groups excluding carboxylic acids is 3. The molecule has 3 rings (SSSR count). The Bertz CT molecular complexity index is 1100. The van der Waals surface area contributed by atoms with Crippen LogP contribution in [0.2, 0.25) is 0 Å². The molecule has 0 saturated heterocycles. The molecule has 0 aliphatic rings. The van der Waals surface area contributed by atoms with Crippen molar-refractivity contribution in [3.63, 3.8) is 0 Å². The van der Waals surface area contributed by atoms with Gasteiger partial charge in [0.2, 0.25) is 0 Å². The number of benzene rings is 3. The molecule has 3 aromatic carbocycles. The van der Waals surface area contributed by atoms with Crippen LogP contribution in [0.3, 0.4) is 0 Å². The monoisotopic (exact) mass is 480 g/mol. The van der Waals surface area contributed by atoms with Gasteiger partial charge in [-0.2, -0.15) is 0 Å². The van der Waals surface area contributed by atoms with Crippen molar-refractivity contribution in [2.45, 2.75) is 13.5 Å². The number of hydrogen-bond acceptors (Lipinski definition) is 4. The lowest BCUT2D eigenvalue weighted by Crippen LogP contribution is -2.26. The number of anilines is 1. The minimum absolute atomic E-state index is 0.318. The summed E-state index contributed by atoms with van der Waals surface area (Å²) in [7, 11) is 0. The molecule has 0 unspecified atom stereocenters. The van der Waals surface area contributed by atoms with Crippen LogP contribution in [0.4, 0.5) is 5.69 Å². The summed E-state index contributed by atoms with van der Waals surface area (Å²) >= 11 is 3.27. The molecule has 0 atom stereocenters. The van der Waals surface area contributed by atoms with Crippen LogP contribution in [0.25, 0.3) is 0 Å². The van der Waals surface area contributed by atoms with Crippen LogP contribution < -0.4 is 10.6 Å². The van der Waals surface area contributed by atoms with Crippen LogP contribution in [0.5, 0.6) is 0 Å². The molecule has 158 valence electrons. The molecule has 3 aromatic rings. The zero-order valence-electron chi connectivity index (χ0n) is 16.9. The Kier molecular flexibility index (Phi) is 7.56. The van der Waals surface area contributed by atoms with Gasteiger partial charge >= 0.3 is 5.97 Å². The van der Waals surface area contributed by atoms with Crippen molar-refractivity contribution < 1.29 is 19.1 Å². The number of carbonyl (C=O) groups is 3. The van der Waals surface area contributed by atoms with Gasteiger partial charge in [0.1, 0.15) is 0 Å². The summed E-state index contributed by atoms with van der Waals surface area (Å²) in [5, 5.41) is 5.48. The fourth-order valence-corrected chi connectivity index (χ4v) is 3.24. The van der Waals surface area contributed by atoms with Crippen LogP contribution in [0.1, 0.15) is 31.8 Å². The molecule has 0 radical (unpaired) electrons. The molecule has 0 fully saturated rings. The van der Waals surface area contributed by atoms with Crippen molar-refractivity contribution in [2.24, 2.45) is 0 Å². The quantitative estimate of drug-likeness (QED) is 0.488. The molecule has 2 amide bonds. The summed E-state index contributed by atoms with van der Waals surface area (Å²) in [5.74, 6) is -1.48. The van der Waals surface area contributed by atoms with Gasteiger partial charge in [-0.25, -0.2) is 4.79 Å². The van der Waals surface area contributed by atoms with Gasteiger partial charge in [-0.1, -0.05) is 54.1 Å². The number of nitrogens with one attached hydrogen (secondary N) is 2. The largest absolute Gasteiger partial charge is 0.452 e. The first kappa shape index (κ1) is 22.2. The SMILES string of the molecule is Cc1ccc(CNC(=O)c2ccccc2NC(=O)COC(=O)c2ccccc2Br)cc1. The maximum absolute atomic E-state index is 12.6. The first-order valence-electron chi connectivity index (χ1n) is 9.58. The predicted molar refractivity (Wildman–Crippen MR) is 122 cm³/mol. The van der Waals surface area contributed by atoms with E-state index < -0.39 is 18.5 Å². The number of ether oxygens (including phenoxy) is 1. The lowest BCUT2D eigenvalue weighted by Gasteiger charge is -2.12. The fraction of sp³-hybridized carbons (Fsp3) is 0.125. The Morgan fingerprint density at radius 1 is 0.871 bits per heavy atom. The Morgan fingerprint density at radius 3 is 2.23 bits per heavy atom. The number of amides is 2. The summed E-state index contributed by atoms with van der Waals surface area (Å²) in [5.41, 5.74) is 3.10. The number of halogens is 1. The zero-order chi connectivity index (χ0) is 22.2. The van der Waals surface area contributed by atoms with E-state index in [0.717, 1.165) is 11.1 Å². The number of aryl methyl sites for hydroxylation is 1. The summed E-state index contributed by atoms with van der Waals surface area (Å²) in [6.07, 6.45) is 0. The van der Waals surface area contributed by atoms with Gasteiger partial charge in [-0.3, -0.25) is 9.59 Å². The molecule has 7 heteroatoms. The topological polar surface area (TPSA) is 84.5 Å². The van der Waals surface area contributed by atoms with Crippen LogP contribution >= 0.6 is 15.9 Å². The standard InChI is InChI=1S/C24H21BrN2O4/c1-16-10-12-17(13-11-16)14-26-23(29)19-7-3-5-9-21(19)27-22(28)15-31-24(30)18-6-2-4-8-20(18)25/h2-13H,14-15H2,1H3,(H,26,29)(H,27,28). The van der Waals surface area contributed by atoms with E-state index in [1.54, 1.807) is 48.5 Å². The second-order valence-corrected chi connectivity index (χ2v) is 7.67. The third-order valence-corrected chi connectivity index (χ3v) is 5.14. The molecular formula is C24H21BrN2O4. The molecule has 0 heterocycles. The third-order valence-electron chi connectivity index (χ3n) is 4.45. The van der Waals surface area contributed by atoms with E-state index in [4.69, 9.17) is 4.74 Å². The average molecular weight is 481 g/mol. The van der Waals surface area contributed by atoms with Gasteiger partial charge in [-0.15, -0.1) is 0 Å². The Labute approximate surface area is 188 Å². The van der Waals surface area contributed by atoms with Gasteiger partial charge in [0, 0.05) is 11.0 Å². The molecule has 2 N–H and O–H groups in total. The molecule has 0 aliphatic carbocycles. The van der Waals surface area contributed by atoms with E-state index in [-0.39, 0.29) is 5.91 Å². The number of hydrogen-bond donors (Lipinski definition) is 2. The summed E-state index contributed by atoms with van der Waals surface area (Å²) in [4.78, 5) is 37.1. The Hall–Kier alpha value is -3.45. The highest BCUT2D eigenvalue weighted by Crippen LogP contribution is 2.18. The van der Waals surface area contributed by atoms with Crippen LogP contribution in [0.15, 0.2) is 77.3 Å². The van der Waals surface area contributed by atoms with Crippen molar-refractivity contribution >= 4 is 39.4 Å². The molecule has 0 bridgehead atoms. The van der Waals surface area contributed by atoms with E-state index in [9.17, 15) is 14.4 Å². The van der Waals surface area contributed by atoms with E-state index in [0.29, 0.717) is 27.8 Å². The molecule has 31 heavy (non-hydrogen) atoms. The highest BCUT2D eigenvalue weighted by Gasteiger charge is 2.16. The summed E-state index contributed by atoms with van der Waals surface area (Å²) in [6.45, 7) is 1.89. The van der Waals surface area contributed by atoms with Crippen molar-refractivity contribution in [3.8, 4) is 0 Å². The lowest BCUT2D eigenvalue weighted by atomic mass is 10.1. The molecule has 0 saturated carbocycles. The highest BCUT2D eigenvalue weighted by atomic mass is 79.9. The maximum atomic E-state index is 12.6. The molecular weight excluding hydrogens is 460 g/mol. The van der Waals surface area contributed by atoms with E-state index >= 15 is 0 Å². The number of esters is 1. The predicted octanol–water partition coefficient (Wildman–Crippen LogP) is 4.48. The van der Waals surface area contributed by atoms with Crippen molar-refractivity contribution in [1.29, 1.82) is 0 Å². The first-order chi connectivity index (χ1) is 14.9. The van der Waals surface area contributed by atoms with Crippen LogP contribution in [-0.2, 0) is 16.1 Å². The molecule has 0 aromatic heterocycles.